The number of nitrogens with zero attached hydrogens (tertiary/aromatic N) is 2. The molecule has 0 aromatic heterocycles. The number of morpholine rings is 1. The summed E-state index contributed by atoms with van der Waals surface area (Å²) in [4.78, 5) is 2.27. The van der Waals surface area contributed by atoms with Crippen LogP contribution in [0.1, 0.15) is 74.8 Å². The van der Waals surface area contributed by atoms with Crippen molar-refractivity contribution in [3.63, 3.8) is 0 Å². The van der Waals surface area contributed by atoms with Gasteiger partial charge in [-0.25, -0.2) is 0 Å². The number of hydrogen-bond acceptors (Lipinski definition) is 6. The fraction of sp³-hybridized carbons (Fsp3) is 0.321. The average Bonchev–Trinajstić information content (AvgIpc) is 3.53. The van der Waals surface area contributed by atoms with Gasteiger partial charge in [0.25, 0.3) is 0 Å². The summed E-state index contributed by atoms with van der Waals surface area (Å²) in [6.45, 7) is 12.4. The molecule has 6 aromatic rings. The molecule has 10 rings (SSSR count). The van der Waals surface area contributed by atoms with Crippen molar-refractivity contribution in [1.29, 1.82) is 0 Å². The SMILES string of the molecule is COc1ccc(C2(c3ccc(OC)cc3)C=Cc3c4c(c5cc(N(F)F)c(-c6ccc(N7CCOCC7)cc6)cc5c3O2)-c2ccccc2C42CC(C)(C)CC(C)(C)C2)cc1. The number of ether oxygens (including phenoxy) is 4. The average molecular weight is 819 g/mol. The van der Waals surface area contributed by atoms with E-state index >= 15 is 8.96 Å². The predicted octanol–water partition coefficient (Wildman–Crippen LogP) is 12.8. The summed E-state index contributed by atoms with van der Waals surface area (Å²) in [5, 5.41) is 0.806. The lowest BCUT2D eigenvalue weighted by Gasteiger charge is -2.52. The molecule has 2 fully saturated rings. The van der Waals surface area contributed by atoms with Crippen LogP contribution in [-0.4, -0.2) is 40.5 Å². The molecule has 4 aliphatic rings. The number of benzene rings is 6. The third kappa shape index (κ3) is 6.36. The van der Waals surface area contributed by atoms with Crippen molar-refractivity contribution in [1.82, 2.24) is 0 Å². The lowest BCUT2D eigenvalue weighted by atomic mass is 9.52. The molecule has 312 valence electrons. The van der Waals surface area contributed by atoms with Gasteiger partial charge in [-0.3, -0.25) is 0 Å². The topological polar surface area (TPSA) is 43.4 Å². The molecular weight excluding hydrogens is 767 g/mol. The molecule has 2 aliphatic carbocycles. The minimum absolute atomic E-state index is 0.00454. The Morgan fingerprint density at radius 1 is 0.672 bits per heavy atom. The van der Waals surface area contributed by atoms with Crippen LogP contribution < -0.4 is 24.5 Å². The van der Waals surface area contributed by atoms with Crippen LogP contribution in [0.3, 0.4) is 0 Å². The van der Waals surface area contributed by atoms with Gasteiger partial charge >= 0.3 is 0 Å². The highest BCUT2D eigenvalue weighted by Crippen LogP contribution is 2.67. The van der Waals surface area contributed by atoms with Gasteiger partial charge in [0.05, 0.1) is 27.4 Å². The Kier molecular flexibility index (Phi) is 9.26. The fourth-order valence-corrected chi connectivity index (χ4v) is 11.9. The molecule has 0 radical (unpaired) electrons. The van der Waals surface area contributed by atoms with Crippen molar-refractivity contribution in [2.45, 2.75) is 58.0 Å². The van der Waals surface area contributed by atoms with Gasteiger partial charge in [0.15, 0.2) is 5.60 Å². The van der Waals surface area contributed by atoms with Gasteiger partial charge in [0.2, 0.25) is 0 Å². The smallest absolute Gasteiger partial charge is 0.178 e. The molecule has 1 spiro atoms. The first-order valence-electron chi connectivity index (χ1n) is 21.4. The minimum Gasteiger partial charge on any atom is -0.497 e. The normalized spacial score (nSPS) is 18.9. The maximum atomic E-state index is 15.6. The maximum absolute atomic E-state index is 15.6. The number of hydrogen-bond donors (Lipinski definition) is 0. The van der Waals surface area contributed by atoms with Crippen LogP contribution in [0.15, 0.2) is 115 Å². The zero-order valence-electron chi connectivity index (χ0n) is 35.8. The van der Waals surface area contributed by atoms with E-state index in [0.29, 0.717) is 30.1 Å². The van der Waals surface area contributed by atoms with Gasteiger partial charge in [-0.05, 0) is 123 Å². The largest absolute Gasteiger partial charge is 0.497 e. The van der Waals surface area contributed by atoms with Crippen LogP contribution in [0, 0.1) is 10.8 Å². The van der Waals surface area contributed by atoms with Gasteiger partial charge in [-0.1, -0.05) is 103 Å². The Morgan fingerprint density at radius 3 is 1.87 bits per heavy atom. The van der Waals surface area contributed by atoms with E-state index < -0.39 is 10.9 Å². The Morgan fingerprint density at radius 2 is 1.28 bits per heavy atom. The van der Waals surface area contributed by atoms with Gasteiger partial charge in [0.1, 0.15) is 22.9 Å². The first-order chi connectivity index (χ1) is 29.4. The second-order valence-electron chi connectivity index (χ2n) is 18.9. The highest BCUT2D eigenvalue weighted by molar-refractivity contribution is 6.11. The van der Waals surface area contributed by atoms with E-state index in [2.05, 4.69) is 69.0 Å². The summed E-state index contributed by atoms with van der Waals surface area (Å²) in [5.74, 6) is 2.15. The minimum atomic E-state index is -1.08. The Bertz CT molecular complexity index is 2620. The monoisotopic (exact) mass is 818 g/mol. The van der Waals surface area contributed by atoms with Gasteiger partial charge in [-0.15, -0.1) is 0 Å². The molecule has 1 saturated carbocycles. The Labute approximate surface area is 357 Å². The molecule has 0 N–H and O–H groups in total. The van der Waals surface area contributed by atoms with Crippen LogP contribution >= 0.6 is 0 Å². The van der Waals surface area contributed by atoms with Gasteiger partial charge in [0, 0.05) is 51.8 Å². The fourth-order valence-electron chi connectivity index (χ4n) is 11.9. The molecule has 6 aromatic carbocycles. The number of rotatable bonds is 7. The second-order valence-corrected chi connectivity index (χ2v) is 18.9. The molecule has 6 nitrogen and oxygen atoms in total. The van der Waals surface area contributed by atoms with Crippen molar-refractivity contribution in [2.75, 3.05) is 50.8 Å². The summed E-state index contributed by atoms with van der Waals surface area (Å²) in [6.07, 6.45) is 7.36. The summed E-state index contributed by atoms with van der Waals surface area (Å²) in [5.41, 5.74) is 7.91. The molecule has 0 atom stereocenters. The van der Waals surface area contributed by atoms with Crippen LogP contribution in [-0.2, 0) is 15.8 Å². The van der Waals surface area contributed by atoms with Crippen LogP contribution in [0.2, 0.25) is 0 Å². The van der Waals surface area contributed by atoms with Crippen LogP contribution in [0.25, 0.3) is 39.1 Å². The number of halogens is 2. The summed E-state index contributed by atoms with van der Waals surface area (Å²) < 4.78 is 55.7. The molecule has 8 heteroatoms. The summed E-state index contributed by atoms with van der Waals surface area (Å²) >= 11 is 0. The second kappa shape index (κ2) is 14.4. The lowest BCUT2D eigenvalue weighted by molar-refractivity contribution is 0.0642. The van der Waals surface area contributed by atoms with Crippen LogP contribution in [0.4, 0.5) is 20.3 Å². The molecule has 2 heterocycles. The molecule has 1 saturated heterocycles. The van der Waals surface area contributed by atoms with Crippen molar-refractivity contribution in [3.8, 4) is 39.5 Å². The van der Waals surface area contributed by atoms with E-state index in [4.69, 9.17) is 18.9 Å². The van der Waals surface area contributed by atoms with Crippen molar-refractivity contribution < 1.29 is 27.9 Å². The molecule has 61 heavy (non-hydrogen) atoms. The first kappa shape index (κ1) is 39.3. The molecular formula is C53H52F2N2O4. The van der Waals surface area contributed by atoms with E-state index in [1.165, 1.54) is 11.1 Å². The number of fused-ring (bicyclic) bond motifs is 10. The summed E-state index contributed by atoms with van der Waals surface area (Å²) in [7, 11) is 3.32. The highest BCUT2D eigenvalue weighted by atomic mass is 19.4. The van der Waals surface area contributed by atoms with Gasteiger partial charge in [-0.2, -0.15) is 0 Å². The Hall–Kier alpha value is -5.86. The highest BCUT2D eigenvalue weighted by Gasteiger charge is 2.55. The molecule has 0 amide bonds. The van der Waals surface area contributed by atoms with Crippen molar-refractivity contribution in [3.05, 3.63) is 143 Å². The number of anilines is 2. The van der Waals surface area contributed by atoms with E-state index in [-0.39, 0.29) is 21.9 Å². The van der Waals surface area contributed by atoms with Crippen molar-refractivity contribution in [2.24, 2.45) is 10.8 Å². The Balaban J connectivity index is 1.29. The maximum Gasteiger partial charge on any atom is 0.178 e. The zero-order chi connectivity index (χ0) is 42.3. The lowest BCUT2D eigenvalue weighted by Crippen LogP contribution is -2.44. The zero-order valence-corrected chi connectivity index (χ0v) is 35.8. The summed E-state index contributed by atoms with van der Waals surface area (Å²) in [6, 6.07) is 36.3. The van der Waals surface area contributed by atoms with Crippen molar-refractivity contribution >= 4 is 28.2 Å². The predicted molar refractivity (Wildman–Crippen MR) is 241 cm³/mol. The van der Waals surface area contributed by atoms with E-state index in [1.807, 2.05) is 78.9 Å². The first-order valence-corrected chi connectivity index (χ1v) is 21.4. The quantitative estimate of drug-likeness (QED) is 0.150. The molecule has 0 unspecified atom stereocenters. The third-order valence-corrected chi connectivity index (χ3v) is 13.6. The number of methoxy groups -OCH3 is 2. The molecule has 0 bridgehead atoms. The third-order valence-electron chi connectivity index (χ3n) is 13.6. The standard InChI is InChI=1S/C53H52F2N2O4/c1-50(2)31-51(3,4)33-52(32-50)45-10-8-7-9-40(45)47-43-30-46(57(54)55)42(34-11-17-37(18-12-34)56-25-27-60-28-26-56)29-44(43)49-41(48(47)52)23-24-53(61-49,35-13-19-38(58-5)20-14-35)36-15-21-39(59-6)22-16-36/h7-24,29-30H,25-28,31-33H2,1-6H3. The van der Waals surface area contributed by atoms with Gasteiger partial charge < -0.3 is 23.8 Å². The van der Waals surface area contributed by atoms with Crippen LogP contribution in [0.5, 0.6) is 17.2 Å². The van der Waals surface area contributed by atoms with E-state index in [9.17, 15) is 0 Å². The van der Waals surface area contributed by atoms with E-state index in [0.717, 1.165) is 88.1 Å². The molecule has 2 aliphatic heterocycles. The van der Waals surface area contributed by atoms with E-state index in [1.54, 1.807) is 20.3 Å².